The van der Waals surface area contributed by atoms with Crippen LogP contribution >= 0.6 is 22.7 Å². The topological polar surface area (TPSA) is 55.6 Å². The molecule has 1 unspecified atom stereocenters. The number of para-hydroxylation sites is 1. The van der Waals surface area contributed by atoms with E-state index in [1.165, 1.54) is 11.3 Å². The van der Waals surface area contributed by atoms with Crippen LogP contribution in [0.4, 0.5) is 10.7 Å². The highest BCUT2D eigenvalue weighted by Gasteiger charge is 2.23. The average Bonchev–Trinajstić information content (AvgIpc) is 3.58. The molecule has 0 aliphatic carbocycles. The molecule has 1 aliphatic heterocycles. The predicted molar refractivity (Wildman–Crippen MR) is 135 cm³/mol. The summed E-state index contributed by atoms with van der Waals surface area (Å²) in [5.41, 5.74) is 3.63. The minimum absolute atomic E-state index is 0.121. The first-order valence-electron chi connectivity index (χ1n) is 11.0. The van der Waals surface area contributed by atoms with E-state index in [4.69, 9.17) is 9.73 Å². The van der Waals surface area contributed by atoms with Crippen LogP contribution in [0.5, 0.6) is 0 Å². The van der Waals surface area contributed by atoms with Gasteiger partial charge in [-0.05, 0) is 55.5 Å². The zero-order valence-corrected chi connectivity index (χ0v) is 20.0. The molecule has 1 N–H and O–H groups in total. The van der Waals surface area contributed by atoms with Gasteiger partial charge in [0.25, 0.3) is 5.91 Å². The Bertz CT molecular complexity index is 1280. The van der Waals surface area contributed by atoms with E-state index in [2.05, 4.69) is 21.3 Å². The first kappa shape index (κ1) is 21.8. The smallest absolute Gasteiger partial charge is 0.256 e. The first-order chi connectivity index (χ1) is 16.2. The van der Waals surface area contributed by atoms with Crippen molar-refractivity contribution in [3.63, 3.8) is 0 Å². The Morgan fingerprint density at radius 3 is 2.64 bits per heavy atom. The van der Waals surface area contributed by atoms with Crippen LogP contribution < -0.4 is 10.1 Å². The Hall–Kier alpha value is -3.00. The van der Waals surface area contributed by atoms with E-state index in [0.29, 0.717) is 12.1 Å². The van der Waals surface area contributed by atoms with Crippen molar-refractivity contribution in [2.45, 2.75) is 32.4 Å². The molecule has 33 heavy (non-hydrogen) atoms. The molecule has 1 saturated heterocycles. The summed E-state index contributed by atoms with van der Waals surface area (Å²) in [4.78, 5) is 20.0. The molecule has 0 radical (unpaired) electrons. The minimum Gasteiger partial charge on any atom is -0.376 e. The van der Waals surface area contributed by atoms with Crippen molar-refractivity contribution < 1.29 is 9.53 Å². The van der Waals surface area contributed by atoms with E-state index in [1.807, 2.05) is 67.6 Å². The van der Waals surface area contributed by atoms with Crippen LogP contribution in [0.1, 0.15) is 28.8 Å². The quantitative estimate of drug-likeness (QED) is 0.358. The molecule has 168 valence electrons. The number of thiazole rings is 1. The van der Waals surface area contributed by atoms with Crippen LogP contribution in [0.15, 0.2) is 77.1 Å². The molecule has 0 saturated carbocycles. The van der Waals surface area contributed by atoms with Crippen LogP contribution in [0.2, 0.25) is 0 Å². The summed E-state index contributed by atoms with van der Waals surface area (Å²) >= 11 is 3.16. The molecule has 2 aromatic carbocycles. The third kappa shape index (κ3) is 5.00. The maximum atomic E-state index is 13.1. The van der Waals surface area contributed by atoms with E-state index in [9.17, 15) is 4.79 Å². The number of anilines is 1. The number of carbonyl (C=O) groups is 1. The molecule has 7 heteroatoms. The molecule has 5 nitrogen and oxygen atoms in total. The van der Waals surface area contributed by atoms with Crippen LogP contribution in [0.3, 0.4) is 0 Å². The fourth-order valence-corrected chi connectivity index (χ4v) is 5.81. The van der Waals surface area contributed by atoms with E-state index >= 15 is 0 Å². The minimum atomic E-state index is -0.121. The fourth-order valence-electron chi connectivity index (χ4n) is 3.89. The maximum Gasteiger partial charge on any atom is 0.256 e. The van der Waals surface area contributed by atoms with Crippen molar-refractivity contribution in [1.29, 1.82) is 0 Å². The van der Waals surface area contributed by atoms with Gasteiger partial charge in [-0.25, -0.2) is 4.99 Å². The Kier molecular flexibility index (Phi) is 6.53. The summed E-state index contributed by atoms with van der Waals surface area (Å²) in [5.74, 6) is -0.121. The van der Waals surface area contributed by atoms with Crippen molar-refractivity contribution in [3.05, 3.63) is 88.0 Å². The van der Waals surface area contributed by atoms with Gasteiger partial charge in [0.05, 0.1) is 28.9 Å². The summed E-state index contributed by atoms with van der Waals surface area (Å²) in [6.45, 7) is 3.52. The van der Waals surface area contributed by atoms with Gasteiger partial charge in [0.2, 0.25) is 0 Å². The normalized spacial score (nSPS) is 16.3. The zero-order chi connectivity index (χ0) is 22.6. The van der Waals surface area contributed by atoms with Crippen molar-refractivity contribution in [1.82, 2.24) is 4.57 Å². The largest absolute Gasteiger partial charge is 0.376 e. The molecule has 4 aromatic rings. The number of hydrogen-bond acceptors (Lipinski definition) is 5. The highest BCUT2D eigenvalue weighted by molar-refractivity contribution is 7.16. The lowest BCUT2D eigenvalue weighted by Gasteiger charge is -2.14. The summed E-state index contributed by atoms with van der Waals surface area (Å²) in [7, 11) is 0. The fraction of sp³-hybridized carbons (Fsp3) is 0.231. The Balaban J connectivity index is 1.62. The lowest BCUT2D eigenvalue weighted by Crippen LogP contribution is -2.24. The number of nitrogens with one attached hydrogen (secondary N) is 1. The lowest BCUT2D eigenvalue weighted by atomic mass is 10.1. The summed E-state index contributed by atoms with van der Waals surface area (Å²) in [5, 5.41) is 6.03. The van der Waals surface area contributed by atoms with Crippen LogP contribution in [0.25, 0.3) is 10.6 Å². The van der Waals surface area contributed by atoms with Gasteiger partial charge in [-0.15, -0.1) is 11.3 Å². The molecule has 5 rings (SSSR count). The monoisotopic (exact) mass is 475 g/mol. The van der Waals surface area contributed by atoms with Crippen molar-refractivity contribution in [3.8, 4) is 10.6 Å². The molecule has 1 atom stereocenters. The summed E-state index contributed by atoms with van der Waals surface area (Å²) in [6.07, 6.45) is 2.25. The second-order valence-corrected chi connectivity index (χ2v) is 9.98. The molecular weight excluding hydrogens is 450 g/mol. The molecule has 0 spiro atoms. The van der Waals surface area contributed by atoms with Gasteiger partial charge in [-0.2, -0.15) is 0 Å². The van der Waals surface area contributed by atoms with Crippen LogP contribution in [-0.2, 0) is 11.3 Å². The average molecular weight is 476 g/mol. The maximum absolute atomic E-state index is 13.1. The van der Waals surface area contributed by atoms with Gasteiger partial charge in [-0.3, -0.25) is 4.79 Å². The number of aryl methyl sites for hydroxylation is 1. The predicted octanol–water partition coefficient (Wildman–Crippen LogP) is 6.25. The Morgan fingerprint density at radius 2 is 1.94 bits per heavy atom. The second-order valence-electron chi connectivity index (χ2n) is 8.05. The molecular formula is C26H25N3O2S2. The number of amides is 1. The van der Waals surface area contributed by atoms with E-state index in [-0.39, 0.29) is 12.0 Å². The van der Waals surface area contributed by atoms with E-state index in [0.717, 1.165) is 51.1 Å². The molecule has 2 aromatic heterocycles. The zero-order valence-electron chi connectivity index (χ0n) is 18.4. The molecule has 0 bridgehead atoms. The van der Waals surface area contributed by atoms with Gasteiger partial charge in [0.15, 0.2) is 4.80 Å². The third-order valence-corrected chi connectivity index (χ3v) is 7.47. The van der Waals surface area contributed by atoms with Gasteiger partial charge >= 0.3 is 0 Å². The van der Waals surface area contributed by atoms with E-state index in [1.54, 1.807) is 11.3 Å². The molecule has 1 aliphatic rings. The van der Waals surface area contributed by atoms with Gasteiger partial charge in [-0.1, -0.05) is 53.3 Å². The summed E-state index contributed by atoms with van der Waals surface area (Å²) < 4.78 is 8.18. The Morgan fingerprint density at radius 1 is 1.12 bits per heavy atom. The van der Waals surface area contributed by atoms with Gasteiger partial charge in [0, 0.05) is 12.2 Å². The number of carbonyl (C=O) groups excluding carboxylic acids is 1. The number of aromatic nitrogens is 1. The standard InChI is InChI=1S/C26H25N3O2S2/c1-18-11-13-19(14-12-18)24(30)28-25-23(22-10-6-16-32-22)29(17-21-9-5-15-31-21)26(33-25)27-20-7-3-2-4-8-20/h2-4,6-8,10-14,16,21H,5,9,15,17H2,1H3,(H,28,30). The van der Waals surface area contributed by atoms with Gasteiger partial charge < -0.3 is 14.6 Å². The van der Waals surface area contributed by atoms with Crippen molar-refractivity contribution in [2.75, 3.05) is 11.9 Å². The second kappa shape index (κ2) is 9.87. The number of nitrogens with zero attached hydrogens (tertiary/aromatic N) is 2. The number of benzene rings is 2. The number of hydrogen-bond donors (Lipinski definition) is 1. The van der Waals surface area contributed by atoms with Crippen LogP contribution in [-0.4, -0.2) is 23.2 Å². The highest BCUT2D eigenvalue weighted by Crippen LogP contribution is 2.35. The van der Waals surface area contributed by atoms with Crippen molar-refractivity contribution in [2.24, 2.45) is 4.99 Å². The number of thiophene rings is 1. The van der Waals surface area contributed by atoms with Crippen molar-refractivity contribution >= 4 is 39.3 Å². The number of ether oxygens (including phenoxy) is 1. The SMILES string of the molecule is Cc1ccc(C(=O)Nc2sc(=Nc3ccccc3)n(CC3CCCO3)c2-c2cccs2)cc1. The molecule has 1 fully saturated rings. The van der Waals surface area contributed by atoms with Gasteiger partial charge in [0.1, 0.15) is 5.00 Å². The highest BCUT2D eigenvalue weighted by atomic mass is 32.1. The number of rotatable bonds is 6. The van der Waals surface area contributed by atoms with E-state index < -0.39 is 0 Å². The molecule has 3 heterocycles. The Labute approximate surface area is 201 Å². The lowest BCUT2D eigenvalue weighted by molar-refractivity contribution is 0.0968. The summed E-state index contributed by atoms with van der Waals surface area (Å²) in [6, 6.07) is 21.7. The first-order valence-corrected chi connectivity index (χ1v) is 12.7. The molecule has 1 amide bonds. The third-order valence-electron chi connectivity index (χ3n) is 5.60. The van der Waals surface area contributed by atoms with Crippen LogP contribution in [0, 0.1) is 6.92 Å².